The number of rotatable bonds is 6. The molecule has 1 heterocycles. The summed E-state index contributed by atoms with van der Waals surface area (Å²) in [5.41, 5.74) is 3.67. The molecule has 124 valence electrons. The van der Waals surface area contributed by atoms with E-state index in [1.807, 2.05) is 66.7 Å². The minimum absolute atomic E-state index is 0.0301. The minimum atomic E-state index is -0.611. The molecule has 3 N–H and O–H groups in total. The highest BCUT2D eigenvalue weighted by Crippen LogP contribution is 2.30. The molecule has 0 bridgehead atoms. The van der Waals surface area contributed by atoms with Crippen molar-refractivity contribution in [3.8, 4) is 17.2 Å². The second-order valence-corrected chi connectivity index (χ2v) is 5.51. The van der Waals surface area contributed by atoms with Crippen molar-refractivity contribution >= 4 is 11.6 Å². The van der Waals surface area contributed by atoms with Gasteiger partial charge in [-0.3, -0.25) is 4.79 Å². The first kappa shape index (κ1) is 16.3. The maximum absolute atomic E-state index is 12.7. The molecule has 1 amide bonds. The fraction of sp³-hybridized carbons (Fsp3) is 0.100. The fourth-order valence-corrected chi connectivity index (χ4v) is 2.72. The average Bonchev–Trinajstić information content (AvgIpc) is 3.18. The molecule has 0 saturated carbocycles. The zero-order chi connectivity index (χ0) is 17.5. The van der Waals surface area contributed by atoms with Crippen LogP contribution in [0.4, 0.5) is 5.69 Å². The van der Waals surface area contributed by atoms with Crippen LogP contribution in [0.15, 0.2) is 73.1 Å². The number of nitrogens with zero attached hydrogens (tertiary/aromatic N) is 1. The normalized spacial score (nSPS) is 11.3. The number of aromatic nitrogens is 1. The summed E-state index contributed by atoms with van der Waals surface area (Å²) >= 11 is 0. The van der Waals surface area contributed by atoms with Crippen LogP contribution in [0.3, 0.4) is 0 Å². The van der Waals surface area contributed by atoms with Gasteiger partial charge in [0.1, 0.15) is 12.6 Å². The zero-order valence-corrected chi connectivity index (χ0v) is 13.6. The van der Waals surface area contributed by atoms with Crippen molar-refractivity contribution in [1.29, 1.82) is 5.26 Å². The summed E-state index contributed by atoms with van der Waals surface area (Å²) < 4.78 is 0. The third kappa shape index (κ3) is 3.88. The Labute approximate surface area is 146 Å². The topological polar surface area (TPSA) is 80.7 Å². The lowest BCUT2D eigenvalue weighted by Gasteiger charge is -2.21. The summed E-state index contributed by atoms with van der Waals surface area (Å²) in [5.74, 6) is -0.244. The van der Waals surface area contributed by atoms with Crippen molar-refractivity contribution < 1.29 is 4.79 Å². The molecular formula is C20H18N4O. The summed E-state index contributed by atoms with van der Waals surface area (Å²) in [6.45, 7) is -0.0301. The van der Waals surface area contributed by atoms with Crippen LogP contribution in [0.1, 0.15) is 11.6 Å². The van der Waals surface area contributed by atoms with E-state index in [-0.39, 0.29) is 12.5 Å². The van der Waals surface area contributed by atoms with Crippen molar-refractivity contribution in [1.82, 2.24) is 10.3 Å². The van der Waals surface area contributed by atoms with E-state index in [1.54, 1.807) is 12.4 Å². The highest BCUT2D eigenvalue weighted by atomic mass is 16.2. The maximum Gasteiger partial charge on any atom is 0.247 e. The van der Waals surface area contributed by atoms with E-state index >= 15 is 0 Å². The molecule has 25 heavy (non-hydrogen) atoms. The van der Waals surface area contributed by atoms with Gasteiger partial charge in [-0.2, -0.15) is 5.26 Å². The summed E-state index contributed by atoms with van der Waals surface area (Å²) in [5, 5.41) is 14.7. The molecule has 0 spiro atoms. The van der Waals surface area contributed by atoms with E-state index in [4.69, 9.17) is 5.26 Å². The van der Waals surface area contributed by atoms with Gasteiger partial charge in [-0.1, -0.05) is 54.6 Å². The van der Waals surface area contributed by atoms with Gasteiger partial charge in [0.05, 0.1) is 11.8 Å². The van der Waals surface area contributed by atoms with Crippen LogP contribution in [-0.2, 0) is 4.79 Å². The molecule has 0 aliphatic rings. The summed E-state index contributed by atoms with van der Waals surface area (Å²) in [6.07, 6.45) is 3.57. The Hall–Kier alpha value is -3.52. The van der Waals surface area contributed by atoms with Gasteiger partial charge in [0.25, 0.3) is 0 Å². The van der Waals surface area contributed by atoms with Crippen molar-refractivity contribution in [2.45, 2.75) is 6.04 Å². The number of nitriles is 1. The van der Waals surface area contributed by atoms with Gasteiger partial charge < -0.3 is 15.6 Å². The molecule has 2 aromatic carbocycles. The Morgan fingerprint density at radius 1 is 1.08 bits per heavy atom. The Morgan fingerprint density at radius 3 is 2.56 bits per heavy atom. The number of nitrogens with one attached hydrogen (secondary N) is 3. The zero-order valence-electron chi connectivity index (χ0n) is 13.6. The first-order chi connectivity index (χ1) is 12.3. The summed E-state index contributed by atoms with van der Waals surface area (Å²) in [6, 6.07) is 20.9. The number of benzene rings is 2. The number of anilines is 1. The predicted octanol–water partition coefficient (Wildman–Crippen LogP) is 3.47. The summed E-state index contributed by atoms with van der Waals surface area (Å²) in [7, 11) is 0. The Bertz CT molecular complexity index is 866. The second-order valence-electron chi connectivity index (χ2n) is 5.51. The first-order valence-corrected chi connectivity index (χ1v) is 7.98. The monoisotopic (exact) mass is 330 g/mol. The Morgan fingerprint density at radius 2 is 1.84 bits per heavy atom. The highest BCUT2D eigenvalue weighted by Gasteiger charge is 2.23. The molecule has 0 aliphatic heterocycles. The van der Waals surface area contributed by atoms with Crippen LogP contribution in [0.2, 0.25) is 0 Å². The molecule has 0 unspecified atom stereocenters. The first-order valence-electron chi connectivity index (χ1n) is 7.98. The largest absolute Gasteiger partial charge is 0.369 e. The molecule has 0 fully saturated rings. The quantitative estimate of drug-likeness (QED) is 0.605. The molecule has 1 atom stereocenters. The molecule has 0 radical (unpaired) electrons. The average molecular weight is 330 g/mol. The van der Waals surface area contributed by atoms with Crippen LogP contribution < -0.4 is 10.6 Å². The molecule has 5 heteroatoms. The van der Waals surface area contributed by atoms with Gasteiger partial charge >= 0.3 is 0 Å². The molecule has 3 rings (SSSR count). The number of aromatic amines is 1. The van der Waals surface area contributed by atoms with Crippen molar-refractivity contribution in [2.24, 2.45) is 0 Å². The van der Waals surface area contributed by atoms with Gasteiger partial charge in [-0.15, -0.1) is 0 Å². The van der Waals surface area contributed by atoms with Crippen LogP contribution in [-0.4, -0.2) is 17.4 Å². The van der Waals surface area contributed by atoms with E-state index in [1.165, 1.54) is 0 Å². The van der Waals surface area contributed by atoms with E-state index in [0.717, 1.165) is 22.4 Å². The molecule has 1 aromatic heterocycles. The van der Waals surface area contributed by atoms with Gasteiger partial charge in [0.2, 0.25) is 5.91 Å². The summed E-state index contributed by atoms with van der Waals surface area (Å²) in [4.78, 5) is 15.6. The van der Waals surface area contributed by atoms with Crippen LogP contribution in [0.25, 0.3) is 11.1 Å². The van der Waals surface area contributed by atoms with Gasteiger partial charge in [-0.25, -0.2) is 0 Å². The third-order valence-electron chi connectivity index (χ3n) is 3.87. The number of amides is 1. The SMILES string of the molecule is N#CCNC(=O)[C@@H](Nc1cc[nH]c1)c1ccccc1-c1ccccc1. The smallest absolute Gasteiger partial charge is 0.247 e. The highest BCUT2D eigenvalue weighted by molar-refractivity contribution is 5.89. The van der Waals surface area contributed by atoms with Gasteiger partial charge in [0, 0.05) is 12.4 Å². The predicted molar refractivity (Wildman–Crippen MR) is 97.7 cm³/mol. The number of carbonyl (C=O) groups excluding carboxylic acids is 1. The molecule has 3 aromatic rings. The van der Waals surface area contributed by atoms with Crippen molar-refractivity contribution in [3.05, 3.63) is 78.6 Å². The van der Waals surface area contributed by atoms with E-state index in [0.29, 0.717) is 0 Å². The van der Waals surface area contributed by atoms with Crippen LogP contribution in [0, 0.1) is 11.3 Å². The molecule has 5 nitrogen and oxygen atoms in total. The van der Waals surface area contributed by atoms with Crippen molar-refractivity contribution in [2.75, 3.05) is 11.9 Å². The Balaban J connectivity index is 2.01. The number of hydrogen-bond acceptors (Lipinski definition) is 3. The minimum Gasteiger partial charge on any atom is -0.369 e. The standard InChI is InChI=1S/C20H18N4O/c21-11-13-23-20(25)19(24-16-10-12-22-14-16)18-9-5-4-8-17(18)15-6-2-1-3-7-15/h1-10,12,14,19,22,24H,13H2,(H,23,25)/t19-/m0/s1. The molecule has 0 saturated heterocycles. The lowest BCUT2D eigenvalue weighted by atomic mass is 9.94. The Kier molecular flexibility index (Phi) is 5.13. The third-order valence-corrected chi connectivity index (χ3v) is 3.87. The number of carbonyl (C=O) groups is 1. The van der Waals surface area contributed by atoms with E-state index in [9.17, 15) is 4.79 Å². The van der Waals surface area contributed by atoms with Crippen LogP contribution >= 0.6 is 0 Å². The van der Waals surface area contributed by atoms with Crippen LogP contribution in [0.5, 0.6) is 0 Å². The maximum atomic E-state index is 12.7. The van der Waals surface area contributed by atoms with Gasteiger partial charge in [-0.05, 0) is 22.8 Å². The van der Waals surface area contributed by atoms with Gasteiger partial charge in [0.15, 0.2) is 0 Å². The van der Waals surface area contributed by atoms with E-state index < -0.39 is 6.04 Å². The second kappa shape index (κ2) is 7.84. The van der Waals surface area contributed by atoms with E-state index in [2.05, 4.69) is 15.6 Å². The number of hydrogen-bond donors (Lipinski definition) is 3. The lowest BCUT2D eigenvalue weighted by molar-refractivity contribution is -0.121. The fourth-order valence-electron chi connectivity index (χ4n) is 2.72. The molecular weight excluding hydrogens is 312 g/mol. The molecule has 0 aliphatic carbocycles. The number of H-pyrrole nitrogens is 1. The lowest BCUT2D eigenvalue weighted by Crippen LogP contribution is -2.34. The van der Waals surface area contributed by atoms with Crippen molar-refractivity contribution in [3.63, 3.8) is 0 Å².